The summed E-state index contributed by atoms with van der Waals surface area (Å²) < 4.78 is 0. The lowest BCUT2D eigenvalue weighted by molar-refractivity contribution is -0.121. The van der Waals surface area contributed by atoms with Crippen LogP contribution in [0.4, 0.5) is 0 Å². The largest absolute Gasteiger partial charge is 0.337 e. The highest BCUT2D eigenvalue weighted by molar-refractivity contribution is 7.20. The van der Waals surface area contributed by atoms with E-state index in [0.29, 0.717) is 24.7 Å². The molecule has 1 aliphatic heterocycles. The predicted molar refractivity (Wildman–Crippen MR) is 101 cm³/mol. The number of hydrogen-bond acceptors (Lipinski definition) is 6. The van der Waals surface area contributed by atoms with Crippen molar-refractivity contribution in [3.05, 3.63) is 22.1 Å². The number of rotatable bonds is 5. The monoisotopic (exact) mass is 377 g/mol. The van der Waals surface area contributed by atoms with Gasteiger partial charge in [0.05, 0.1) is 0 Å². The molecule has 5 nitrogen and oxygen atoms in total. The molecular formula is C18H23N3O2S2. The summed E-state index contributed by atoms with van der Waals surface area (Å²) in [7, 11) is 0. The molecule has 25 heavy (non-hydrogen) atoms. The van der Waals surface area contributed by atoms with Gasteiger partial charge in [-0.3, -0.25) is 9.59 Å². The summed E-state index contributed by atoms with van der Waals surface area (Å²) in [6.45, 7) is 7.21. The van der Waals surface area contributed by atoms with Crippen molar-refractivity contribution in [2.24, 2.45) is 11.8 Å². The van der Waals surface area contributed by atoms with Gasteiger partial charge >= 0.3 is 0 Å². The molecule has 0 N–H and O–H groups in total. The van der Waals surface area contributed by atoms with E-state index in [0.717, 1.165) is 34.2 Å². The van der Waals surface area contributed by atoms with Crippen molar-refractivity contribution in [3.63, 3.8) is 0 Å². The van der Waals surface area contributed by atoms with Gasteiger partial charge in [0.1, 0.15) is 11.5 Å². The molecule has 2 aromatic heterocycles. The van der Waals surface area contributed by atoms with Crippen LogP contribution in [0.5, 0.6) is 0 Å². The zero-order valence-corrected chi connectivity index (χ0v) is 16.5. The third-order valence-corrected chi connectivity index (χ3v) is 6.46. The van der Waals surface area contributed by atoms with Crippen LogP contribution < -0.4 is 0 Å². The maximum Gasteiger partial charge on any atom is 0.273 e. The van der Waals surface area contributed by atoms with E-state index in [1.54, 1.807) is 35.8 Å². The molecule has 1 aliphatic rings. The Hall–Kier alpha value is -1.60. The van der Waals surface area contributed by atoms with Gasteiger partial charge in [-0.2, -0.15) is 0 Å². The van der Waals surface area contributed by atoms with E-state index in [2.05, 4.69) is 23.8 Å². The molecule has 0 atom stereocenters. The molecule has 1 fully saturated rings. The normalized spacial score (nSPS) is 15.8. The molecular weight excluding hydrogens is 354 g/mol. The Balaban J connectivity index is 1.82. The average Bonchev–Trinajstić information content (AvgIpc) is 3.23. The number of Topliss-reactive ketones (excluding diaryl/α,β-unsaturated/α-hetero) is 1. The van der Waals surface area contributed by atoms with Crippen LogP contribution in [0, 0.1) is 11.8 Å². The van der Waals surface area contributed by atoms with Crippen LogP contribution in [0.25, 0.3) is 10.0 Å². The fourth-order valence-corrected chi connectivity index (χ4v) is 5.03. The topological polar surface area (TPSA) is 63.2 Å². The third kappa shape index (κ3) is 4.15. The number of ketones is 1. The van der Waals surface area contributed by atoms with Crippen LogP contribution in [0.2, 0.25) is 0 Å². The standard InChI is InChI=1S/C18H23N3O2S2/c1-11(2)10-14-15(20-17(25-14)16-19-6-9-24-16)18(23)21-7-4-13(5-8-21)12(3)22/h6,9,11,13H,4-5,7-8,10H2,1-3H3. The first-order valence-corrected chi connectivity index (χ1v) is 10.3. The smallest absolute Gasteiger partial charge is 0.273 e. The fraction of sp³-hybridized carbons (Fsp3) is 0.556. The molecule has 0 aromatic carbocycles. The minimum atomic E-state index is -0.00305. The molecule has 0 bridgehead atoms. The summed E-state index contributed by atoms with van der Waals surface area (Å²) >= 11 is 3.12. The minimum Gasteiger partial charge on any atom is -0.337 e. The maximum atomic E-state index is 13.0. The van der Waals surface area contributed by atoms with Gasteiger partial charge in [0.15, 0.2) is 10.0 Å². The second-order valence-electron chi connectivity index (χ2n) is 6.90. The number of carbonyl (C=O) groups excluding carboxylic acids is 2. The van der Waals surface area contributed by atoms with Crippen molar-refractivity contribution in [1.82, 2.24) is 14.9 Å². The molecule has 1 amide bonds. The Bertz CT molecular complexity index is 744. The summed E-state index contributed by atoms with van der Waals surface area (Å²) in [6, 6.07) is 0. The molecule has 0 radical (unpaired) electrons. The van der Waals surface area contributed by atoms with Crippen molar-refractivity contribution >= 4 is 34.4 Å². The lowest BCUT2D eigenvalue weighted by atomic mass is 9.93. The van der Waals surface area contributed by atoms with E-state index >= 15 is 0 Å². The van der Waals surface area contributed by atoms with Gasteiger partial charge in [-0.1, -0.05) is 13.8 Å². The highest BCUT2D eigenvalue weighted by Crippen LogP contribution is 2.32. The van der Waals surface area contributed by atoms with E-state index < -0.39 is 0 Å². The highest BCUT2D eigenvalue weighted by Gasteiger charge is 2.29. The quantitative estimate of drug-likeness (QED) is 0.792. The van der Waals surface area contributed by atoms with Crippen molar-refractivity contribution in [2.45, 2.75) is 40.0 Å². The van der Waals surface area contributed by atoms with Crippen LogP contribution in [0.3, 0.4) is 0 Å². The number of hydrogen-bond donors (Lipinski definition) is 0. The molecule has 0 unspecified atom stereocenters. The van der Waals surface area contributed by atoms with E-state index in [4.69, 9.17) is 0 Å². The number of aromatic nitrogens is 2. The number of nitrogens with zero attached hydrogens (tertiary/aromatic N) is 3. The van der Waals surface area contributed by atoms with Crippen molar-refractivity contribution < 1.29 is 9.59 Å². The second kappa shape index (κ2) is 7.74. The second-order valence-corrected chi connectivity index (χ2v) is 8.88. The van der Waals surface area contributed by atoms with Crippen molar-refractivity contribution in [1.29, 1.82) is 0 Å². The zero-order chi connectivity index (χ0) is 18.0. The molecule has 3 rings (SSSR count). The SMILES string of the molecule is CC(=O)C1CCN(C(=O)c2nc(-c3nccs3)sc2CC(C)C)CC1. The summed E-state index contributed by atoms with van der Waals surface area (Å²) in [5.41, 5.74) is 0.574. The van der Waals surface area contributed by atoms with Crippen molar-refractivity contribution in [3.8, 4) is 10.0 Å². The fourth-order valence-electron chi connectivity index (χ4n) is 3.09. The van der Waals surface area contributed by atoms with Gasteiger partial charge in [-0.05, 0) is 32.1 Å². The van der Waals surface area contributed by atoms with Crippen LogP contribution >= 0.6 is 22.7 Å². The van der Waals surface area contributed by atoms with Crippen LogP contribution in [0.1, 0.15) is 49.0 Å². The number of amides is 1. The van der Waals surface area contributed by atoms with E-state index in [1.807, 2.05) is 10.3 Å². The number of piperidine rings is 1. The number of thiazole rings is 2. The summed E-state index contributed by atoms with van der Waals surface area (Å²) in [5, 5.41) is 3.62. The lowest BCUT2D eigenvalue weighted by Gasteiger charge is -2.30. The summed E-state index contributed by atoms with van der Waals surface area (Å²) in [5.74, 6) is 0.782. The molecule has 0 spiro atoms. The third-order valence-electron chi connectivity index (χ3n) is 4.47. The highest BCUT2D eigenvalue weighted by atomic mass is 32.1. The molecule has 0 aliphatic carbocycles. The Labute approximate surface area is 156 Å². The first-order chi connectivity index (χ1) is 12.0. The Morgan fingerprint density at radius 2 is 2.00 bits per heavy atom. The average molecular weight is 378 g/mol. The molecule has 134 valence electrons. The molecule has 7 heteroatoms. The maximum absolute atomic E-state index is 13.0. The van der Waals surface area contributed by atoms with Crippen molar-refractivity contribution in [2.75, 3.05) is 13.1 Å². The van der Waals surface area contributed by atoms with Gasteiger partial charge in [0, 0.05) is 35.5 Å². The van der Waals surface area contributed by atoms with Crippen LogP contribution in [-0.2, 0) is 11.2 Å². The number of likely N-dealkylation sites (tertiary alicyclic amines) is 1. The Morgan fingerprint density at radius 1 is 1.28 bits per heavy atom. The minimum absolute atomic E-state index is 0.00305. The summed E-state index contributed by atoms with van der Waals surface area (Å²) in [4.78, 5) is 36.4. The lowest BCUT2D eigenvalue weighted by Crippen LogP contribution is -2.40. The molecule has 1 saturated heterocycles. The van der Waals surface area contributed by atoms with Gasteiger partial charge in [-0.15, -0.1) is 22.7 Å². The van der Waals surface area contributed by atoms with Gasteiger partial charge in [0.25, 0.3) is 5.91 Å². The van der Waals surface area contributed by atoms with E-state index in [-0.39, 0.29) is 17.6 Å². The van der Waals surface area contributed by atoms with Gasteiger partial charge < -0.3 is 4.90 Å². The first-order valence-electron chi connectivity index (χ1n) is 8.65. The molecule has 0 saturated carbocycles. The first kappa shape index (κ1) is 18.2. The molecule has 2 aromatic rings. The van der Waals surface area contributed by atoms with Crippen LogP contribution in [-0.4, -0.2) is 39.6 Å². The van der Waals surface area contributed by atoms with E-state index in [9.17, 15) is 9.59 Å². The molecule has 3 heterocycles. The van der Waals surface area contributed by atoms with Gasteiger partial charge in [0.2, 0.25) is 0 Å². The Kier molecular flexibility index (Phi) is 5.64. The van der Waals surface area contributed by atoms with E-state index in [1.165, 1.54) is 0 Å². The Morgan fingerprint density at radius 3 is 2.56 bits per heavy atom. The zero-order valence-electron chi connectivity index (χ0n) is 14.8. The summed E-state index contributed by atoms with van der Waals surface area (Å²) in [6.07, 6.45) is 4.11. The van der Waals surface area contributed by atoms with Gasteiger partial charge in [-0.25, -0.2) is 9.97 Å². The number of carbonyl (C=O) groups is 2. The predicted octanol–water partition coefficient (Wildman–Crippen LogP) is 3.91. The van der Waals surface area contributed by atoms with Crippen LogP contribution in [0.15, 0.2) is 11.6 Å².